The first-order valence-electron chi connectivity index (χ1n) is 5.41. The van der Waals surface area contributed by atoms with Gasteiger partial charge in [-0.2, -0.15) is 0 Å². The summed E-state index contributed by atoms with van der Waals surface area (Å²) in [7, 11) is -0.755. The van der Waals surface area contributed by atoms with Crippen molar-refractivity contribution in [2.75, 3.05) is 0 Å². The summed E-state index contributed by atoms with van der Waals surface area (Å²) in [4.78, 5) is 0. The van der Waals surface area contributed by atoms with E-state index in [4.69, 9.17) is 0 Å². The van der Waals surface area contributed by atoms with E-state index in [1.807, 2.05) is 17.2 Å². The predicted molar refractivity (Wildman–Crippen MR) is 69.2 cm³/mol. The molecule has 0 bridgehead atoms. The van der Waals surface area contributed by atoms with Crippen molar-refractivity contribution in [1.29, 1.82) is 0 Å². The Balaban J connectivity index is 2.47. The zero-order valence-corrected chi connectivity index (χ0v) is 12.0. The van der Waals surface area contributed by atoms with Gasteiger partial charge >= 0.3 is 0 Å². The molecule has 3 heteroatoms. The first kappa shape index (κ1) is 11.7. The topological polar surface area (TPSA) is 17.1 Å². The molecule has 0 N–H and O–H groups in total. The largest absolute Gasteiger partial charge is 0.254 e. The van der Waals surface area contributed by atoms with E-state index in [0.717, 1.165) is 0 Å². The van der Waals surface area contributed by atoms with E-state index in [1.165, 1.54) is 5.57 Å². The molecule has 1 unspecified atom stereocenters. The molecule has 0 amide bonds. The molecule has 2 aliphatic rings. The molecule has 15 heavy (non-hydrogen) atoms. The van der Waals surface area contributed by atoms with Gasteiger partial charge in [0.25, 0.3) is 0 Å². The van der Waals surface area contributed by atoms with Crippen LogP contribution in [0.5, 0.6) is 0 Å². The fraction of sp³-hybridized carbons (Fsp3) is 0.833. The highest BCUT2D eigenvalue weighted by Gasteiger charge is 2.71. The molecule has 0 aromatic rings. The second kappa shape index (κ2) is 2.92. The second-order valence-corrected chi connectivity index (χ2v) is 9.56. The number of hydrogen-bond acceptors (Lipinski definition) is 2. The molecule has 1 nitrogen and oxygen atoms in total. The Morgan fingerprint density at radius 3 is 2.07 bits per heavy atom. The van der Waals surface area contributed by atoms with Crippen LogP contribution in [0.15, 0.2) is 11.0 Å². The van der Waals surface area contributed by atoms with Crippen molar-refractivity contribution in [3.63, 3.8) is 0 Å². The Kier molecular flexibility index (Phi) is 2.28. The smallest absolute Gasteiger partial charge is 0.104 e. The van der Waals surface area contributed by atoms with Crippen LogP contribution >= 0.6 is 11.8 Å². The zero-order valence-electron chi connectivity index (χ0n) is 10.4. The van der Waals surface area contributed by atoms with Crippen molar-refractivity contribution in [3.8, 4) is 0 Å². The predicted octanol–water partition coefficient (Wildman–Crippen LogP) is 3.54. The molecule has 2 aliphatic heterocycles. The molecule has 0 saturated carbocycles. The van der Waals surface area contributed by atoms with Crippen LogP contribution in [-0.2, 0) is 10.8 Å². The third-order valence-corrected chi connectivity index (χ3v) is 7.34. The molecule has 86 valence electrons. The Morgan fingerprint density at radius 1 is 1.27 bits per heavy atom. The normalized spacial score (nSPS) is 40.0. The van der Waals surface area contributed by atoms with Gasteiger partial charge in [-0.3, -0.25) is 4.21 Å². The van der Waals surface area contributed by atoms with Crippen LogP contribution in [0.1, 0.15) is 41.5 Å². The SMILES string of the molecule is CC(C)(C)C1=CS(=O)[C@@H]2S[C@]12C(C)(C)C. The maximum atomic E-state index is 11.9. The van der Waals surface area contributed by atoms with E-state index < -0.39 is 10.8 Å². The highest BCUT2D eigenvalue weighted by Crippen LogP contribution is 2.73. The molecule has 3 atom stereocenters. The van der Waals surface area contributed by atoms with Crippen LogP contribution in [0.4, 0.5) is 0 Å². The molecular weight excluding hydrogens is 224 g/mol. The third-order valence-electron chi connectivity index (χ3n) is 3.33. The molecule has 1 fully saturated rings. The lowest BCUT2D eigenvalue weighted by Gasteiger charge is -2.36. The van der Waals surface area contributed by atoms with E-state index >= 15 is 0 Å². The third kappa shape index (κ3) is 1.46. The summed E-state index contributed by atoms with van der Waals surface area (Å²) in [5.41, 5.74) is 1.74. The lowest BCUT2D eigenvalue weighted by molar-refractivity contribution is 0.319. The highest BCUT2D eigenvalue weighted by atomic mass is 32.2. The van der Waals surface area contributed by atoms with Crippen LogP contribution in [-0.4, -0.2) is 13.5 Å². The maximum absolute atomic E-state index is 11.9. The standard InChI is InChI=1S/C12H20OS2/c1-10(2,3)8-7-15(13)9-12(8,14-9)11(4,5)6/h7,9H,1-6H3/t9-,12+,15?/m0/s1. The molecular formula is C12H20OS2. The van der Waals surface area contributed by atoms with Crippen LogP contribution in [0.25, 0.3) is 0 Å². The summed E-state index contributed by atoms with van der Waals surface area (Å²) in [6, 6.07) is 0. The van der Waals surface area contributed by atoms with E-state index in [2.05, 4.69) is 41.5 Å². The Bertz CT molecular complexity index is 357. The van der Waals surface area contributed by atoms with Crippen molar-refractivity contribution >= 4 is 22.6 Å². The Hall–Kier alpha value is 0.240. The van der Waals surface area contributed by atoms with Gasteiger partial charge < -0.3 is 0 Å². The molecule has 2 heterocycles. The zero-order chi connectivity index (χ0) is 11.6. The summed E-state index contributed by atoms with van der Waals surface area (Å²) in [6.45, 7) is 13.5. The summed E-state index contributed by atoms with van der Waals surface area (Å²) in [5.74, 6) is 0. The van der Waals surface area contributed by atoms with E-state index in [0.29, 0.717) is 4.58 Å². The van der Waals surface area contributed by atoms with Crippen molar-refractivity contribution < 1.29 is 4.21 Å². The van der Waals surface area contributed by atoms with Crippen molar-refractivity contribution in [2.24, 2.45) is 10.8 Å². The first-order chi connectivity index (χ1) is 6.61. The molecule has 0 aromatic carbocycles. The molecule has 0 spiro atoms. The lowest BCUT2D eigenvalue weighted by atomic mass is 9.70. The van der Waals surface area contributed by atoms with Gasteiger partial charge in [0, 0.05) is 5.41 Å². The Labute approximate surface area is 99.5 Å². The number of thioether (sulfide) groups is 1. The maximum Gasteiger partial charge on any atom is 0.104 e. The minimum Gasteiger partial charge on any atom is -0.254 e. The van der Waals surface area contributed by atoms with E-state index in [-0.39, 0.29) is 15.6 Å². The quantitative estimate of drug-likeness (QED) is 0.606. The van der Waals surface area contributed by atoms with E-state index in [1.54, 1.807) is 0 Å². The highest BCUT2D eigenvalue weighted by molar-refractivity contribution is 8.21. The average Bonchev–Trinajstić information content (AvgIpc) is 2.66. The lowest BCUT2D eigenvalue weighted by Crippen LogP contribution is -2.36. The van der Waals surface area contributed by atoms with Gasteiger partial charge in [-0.25, -0.2) is 0 Å². The van der Waals surface area contributed by atoms with Gasteiger partial charge in [0.05, 0.1) is 15.5 Å². The minimum atomic E-state index is -0.755. The monoisotopic (exact) mass is 244 g/mol. The molecule has 0 radical (unpaired) electrons. The number of hydrogen-bond donors (Lipinski definition) is 0. The van der Waals surface area contributed by atoms with Gasteiger partial charge in [0.1, 0.15) is 4.58 Å². The number of rotatable bonds is 0. The van der Waals surface area contributed by atoms with Crippen molar-refractivity contribution in [1.82, 2.24) is 0 Å². The number of fused-ring (bicyclic) bond motifs is 1. The van der Waals surface area contributed by atoms with Gasteiger partial charge in [-0.05, 0) is 16.4 Å². The first-order valence-corrected chi connectivity index (χ1v) is 7.56. The van der Waals surface area contributed by atoms with Crippen LogP contribution in [0.3, 0.4) is 0 Å². The van der Waals surface area contributed by atoms with Gasteiger partial charge in [0.2, 0.25) is 0 Å². The van der Waals surface area contributed by atoms with Crippen LogP contribution in [0, 0.1) is 10.8 Å². The molecule has 2 rings (SSSR count). The summed E-state index contributed by atoms with van der Waals surface area (Å²) in [6.07, 6.45) is 0. The minimum absolute atomic E-state index is 0.140. The fourth-order valence-corrected chi connectivity index (χ4v) is 7.13. The average molecular weight is 244 g/mol. The molecule has 0 aromatic heterocycles. The summed E-state index contributed by atoms with van der Waals surface area (Å²) in [5, 5.41) is 2.02. The van der Waals surface area contributed by atoms with Gasteiger partial charge in [-0.1, -0.05) is 41.5 Å². The fourth-order valence-electron chi connectivity index (χ4n) is 2.47. The second-order valence-electron chi connectivity index (χ2n) is 6.55. The molecule has 1 saturated heterocycles. The molecule has 0 aliphatic carbocycles. The van der Waals surface area contributed by atoms with Gasteiger partial charge in [-0.15, -0.1) is 11.8 Å². The van der Waals surface area contributed by atoms with Crippen LogP contribution in [0.2, 0.25) is 0 Å². The summed E-state index contributed by atoms with van der Waals surface area (Å²) >= 11 is 1.91. The van der Waals surface area contributed by atoms with Crippen molar-refractivity contribution in [3.05, 3.63) is 11.0 Å². The van der Waals surface area contributed by atoms with Gasteiger partial charge in [0.15, 0.2) is 0 Å². The summed E-state index contributed by atoms with van der Waals surface area (Å²) < 4.78 is 12.4. The Morgan fingerprint density at radius 2 is 1.80 bits per heavy atom. The van der Waals surface area contributed by atoms with Crippen LogP contribution < -0.4 is 0 Å². The van der Waals surface area contributed by atoms with Crippen molar-refractivity contribution in [2.45, 2.75) is 50.9 Å². The van der Waals surface area contributed by atoms with E-state index in [9.17, 15) is 4.21 Å².